The topological polar surface area (TPSA) is 31.0 Å². The Kier molecular flexibility index (Phi) is 3.44. The fourth-order valence-corrected chi connectivity index (χ4v) is 2.40. The molecule has 0 amide bonds. The zero-order valence-electron chi connectivity index (χ0n) is 12.4. The molecule has 1 aromatic carbocycles. The first-order chi connectivity index (χ1) is 9.50. The maximum atomic E-state index is 5.66. The molecule has 0 radical (unpaired) electrons. The predicted molar refractivity (Wildman–Crippen MR) is 78.3 cm³/mol. The van der Waals surface area contributed by atoms with E-state index in [4.69, 9.17) is 14.2 Å². The standard InChI is InChI=1S/C17H22O3/c1-16(2,3)17(12-20-17)9-8-13-4-6-14(7-5-13)15-18-10-11-19-15/h4-9,15H,10-12H2,1-3H3. The predicted octanol–water partition coefficient (Wildman–Crippen LogP) is 3.56. The fourth-order valence-electron chi connectivity index (χ4n) is 2.40. The smallest absolute Gasteiger partial charge is 0.184 e. The van der Waals surface area contributed by atoms with Crippen LogP contribution in [-0.2, 0) is 14.2 Å². The fraction of sp³-hybridized carbons (Fsp3) is 0.529. The van der Waals surface area contributed by atoms with Gasteiger partial charge in [0.1, 0.15) is 5.60 Å². The van der Waals surface area contributed by atoms with Crippen LogP contribution in [0.3, 0.4) is 0 Å². The van der Waals surface area contributed by atoms with Gasteiger partial charge in [-0.05, 0) is 17.1 Å². The Hall–Kier alpha value is -1.16. The Morgan fingerprint density at radius 2 is 1.70 bits per heavy atom. The maximum absolute atomic E-state index is 5.66. The van der Waals surface area contributed by atoms with Gasteiger partial charge in [-0.15, -0.1) is 0 Å². The number of rotatable bonds is 3. The van der Waals surface area contributed by atoms with Crippen LogP contribution in [0.1, 0.15) is 38.2 Å². The van der Waals surface area contributed by atoms with Crippen LogP contribution in [0.4, 0.5) is 0 Å². The lowest BCUT2D eigenvalue weighted by Crippen LogP contribution is -2.27. The molecule has 1 atom stereocenters. The molecule has 0 aliphatic carbocycles. The summed E-state index contributed by atoms with van der Waals surface area (Å²) in [5.41, 5.74) is 2.29. The molecule has 3 rings (SSSR count). The first kappa shape index (κ1) is 13.8. The second-order valence-electron chi connectivity index (χ2n) is 6.50. The Morgan fingerprint density at radius 3 is 2.20 bits per heavy atom. The van der Waals surface area contributed by atoms with Crippen LogP contribution in [0, 0.1) is 5.41 Å². The molecule has 2 fully saturated rings. The summed E-state index contributed by atoms with van der Waals surface area (Å²) in [5.74, 6) is 0. The largest absolute Gasteiger partial charge is 0.365 e. The molecule has 2 aliphatic rings. The van der Waals surface area contributed by atoms with Crippen LogP contribution < -0.4 is 0 Å². The van der Waals surface area contributed by atoms with E-state index in [9.17, 15) is 0 Å². The molecule has 3 nitrogen and oxygen atoms in total. The van der Waals surface area contributed by atoms with Crippen LogP contribution in [0.2, 0.25) is 0 Å². The van der Waals surface area contributed by atoms with E-state index in [-0.39, 0.29) is 17.3 Å². The average molecular weight is 274 g/mol. The van der Waals surface area contributed by atoms with Gasteiger partial charge in [-0.1, -0.05) is 51.1 Å². The van der Waals surface area contributed by atoms with Crippen molar-refractivity contribution in [3.8, 4) is 0 Å². The van der Waals surface area contributed by atoms with Gasteiger partial charge in [-0.25, -0.2) is 0 Å². The van der Waals surface area contributed by atoms with Crippen LogP contribution >= 0.6 is 0 Å². The van der Waals surface area contributed by atoms with Gasteiger partial charge < -0.3 is 14.2 Å². The molecule has 20 heavy (non-hydrogen) atoms. The summed E-state index contributed by atoms with van der Waals surface area (Å²) in [6.07, 6.45) is 4.13. The van der Waals surface area contributed by atoms with Gasteiger partial charge >= 0.3 is 0 Å². The van der Waals surface area contributed by atoms with Gasteiger partial charge in [0.2, 0.25) is 0 Å². The normalized spacial score (nSPS) is 27.4. The summed E-state index contributed by atoms with van der Waals surface area (Å²) >= 11 is 0. The molecule has 1 unspecified atom stereocenters. The van der Waals surface area contributed by atoms with Gasteiger partial charge in [-0.3, -0.25) is 0 Å². The summed E-state index contributed by atoms with van der Waals surface area (Å²) in [7, 11) is 0. The van der Waals surface area contributed by atoms with Crippen molar-refractivity contribution in [2.45, 2.75) is 32.7 Å². The molecule has 3 heteroatoms. The lowest BCUT2D eigenvalue weighted by atomic mass is 9.80. The van der Waals surface area contributed by atoms with E-state index in [0.29, 0.717) is 13.2 Å². The summed E-state index contributed by atoms with van der Waals surface area (Å²) in [6, 6.07) is 8.31. The number of hydrogen-bond donors (Lipinski definition) is 0. The van der Waals surface area contributed by atoms with Crippen molar-refractivity contribution in [1.29, 1.82) is 0 Å². The molecular weight excluding hydrogens is 252 g/mol. The van der Waals surface area contributed by atoms with Crippen molar-refractivity contribution in [2.75, 3.05) is 19.8 Å². The van der Waals surface area contributed by atoms with Crippen molar-refractivity contribution >= 4 is 6.08 Å². The number of hydrogen-bond acceptors (Lipinski definition) is 3. The van der Waals surface area contributed by atoms with Gasteiger partial charge in [0.25, 0.3) is 0 Å². The highest BCUT2D eigenvalue weighted by molar-refractivity contribution is 5.52. The molecule has 0 saturated carbocycles. The van der Waals surface area contributed by atoms with E-state index in [2.05, 4.69) is 57.2 Å². The molecule has 1 aromatic rings. The molecule has 0 aromatic heterocycles. The van der Waals surface area contributed by atoms with Crippen LogP contribution in [0.15, 0.2) is 30.3 Å². The minimum atomic E-state index is -0.194. The first-order valence-electron chi connectivity index (χ1n) is 7.17. The third-order valence-electron chi connectivity index (χ3n) is 4.10. The molecule has 108 valence electrons. The summed E-state index contributed by atoms with van der Waals surface area (Å²) in [5, 5.41) is 0. The van der Waals surface area contributed by atoms with E-state index < -0.39 is 0 Å². The van der Waals surface area contributed by atoms with Gasteiger partial charge in [0, 0.05) is 5.56 Å². The lowest BCUT2D eigenvalue weighted by Gasteiger charge is -2.24. The molecule has 2 aliphatic heterocycles. The SMILES string of the molecule is CC(C)(C)C1(C=Cc2ccc(C3OCCO3)cc2)CO1. The van der Waals surface area contributed by atoms with Crippen molar-refractivity contribution in [3.63, 3.8) is 0 Å². The van der Waals surface area contributed by atoms with Crippen LogP contribution in [-0.4, -0.2) is 25.4 Å². The Labute approximate surface area is 120 Å². The minimum Gasteiger partial charge on any atom is -0.365 e. The van der Waals surface area contributed by atoms with E-state index in [1.54, 1.807) is 0 Å². The molecular formula is C17H22O3. The third kappa shape index (κ3) is 2.66. The van der Waals surface area contributed by atoms with E-state index in [1.165, 1.54) is 5.56 Å². The molecule has 0 spiro atoms. The summed E-state index contributed by atoms with van der Waals surface area (Å²) in [4.78, 5) is 0. The molecule has 0 bridgehead atoms. The Balaban J connectivity index is 1.69. The zero-order chi connectivity index (χ0) is 14.2. The Morgan fingerprint density at radius 1 is 1.10 bits per heavy atom. The zero-order valence-corrected chi connectivity index (χ0v) is 12.4. The quantitative estimate of drug-likeness (QED) is 0.790. The highest BCUT2D eigenvalue weighted by Crippen LogP contribution is 2.45. The first-order valence-corrected chi connectivity index (χ1v) is 7.17. The second-order valence-corrected chi connectivity index (χ2v) is 6.50. The lowest BCUT2D eigenvalue weighted by molar-refractivity contribution is -0.0441. The maximum Gasteiger partial charge on any atom is 0.184 e. The minimum absolute atomic E-state index is 0.0939. The van der Waals surface area contributed by atoms with Gasteiger partial charge in [0.15, 0.2) is 6.29 Å². The number of epoxide rings is 1. The average Bonchev–Trinajstić information content (AvgIpc) is 3.03. The monoisotopic (exact) mass is 274 g/mol. The summed E-state index contributed by atoms with van der Waals surface area (Å²) in [6.45, 7) is 8.80. The van der Waals surface area contributed by atoms with Crippen LogP contribution in [0.5, 0.6) is 0 Å². The third-order valence-corrected chi connectivity index (χ3v) is 4.10. The van der Waals surface area contributed by atoms with Crippen LogP contribution in [0.25, 0.3) is 6.08 Å². The highest BCUT2D eigenvalue weighted by atomic mass is 16.7. The number of benzene rings is 1. The summed E-state index contributed by atoms with van der Waals surface area (Å²) < 4.78 is 16.6. The van der Waals surface area contributed by atoms with Crippen molar-refractivity contribution in [3.05, 3.63) is 41.5 Å². The van der Waals surface area contributed by atoms with Gasteiger partial charge in [-0.2, -0.15) is 0 Å². The number of ether oxygens (including phenoxy) is 3. The molecule has 0 N–H and O–H groups in total. The second kappa shape index (κ2) is 4.99. The molecule has 2 heterocycles. The van der Waals surface area contributed by atoms with E-state index >= 15 is 0 Å². The van der Waals surface area contributed by atoms with Crippen molar-refractivity contribution < 1.29 is 14.2 Å². The van der Waals surface area contributed by atoms with E-state index in [0.717, 1.165) is 12.2 Å². The highest BCUT2D eigenvalue weighted by Gasteiger charge is 2.51. The Bertz CT molecular complexity index is 486. The molecule has 2 saturated heterocycles. The van der Waals surface area contributed by atoms with Gasteiger partial charge in [0.05, 0.1) is 19.8 Å². The van der Waals surface area contributed by atoms with E-state index in [1.807, 2.05) is 0 Å². The van der Waals surface area contributed by atoms with Crippen molar-refractivity contribution in [1.82, 2.24) is 0 Å². The van der Waals surface area contributed by atoms with Crippen molar-refractivity contribution in [2.24, 2.45) is 5.41 Å².